The Hall–Kier alpha value is -2.26. The molecule has 0 bridgehead atoms. The van der Waals surface area contributed by atoms with Gasteiger partial charge in [-0.3, -0.25) is 4.68 Å². The Morgan fingerprint density at radius 2 is 1.87 bits per heavy atom. The van der Waals surface area contributed by atoms with E-state index in [1.165, 1.54) is 31.9 Å². The Bertz CT molecular complexity index is 887. The topological polar surface area (TPSA) is 55.6 Å². The van der Waals surface area contributed by atoms with Gasteiger partial charge in [-0.2, -0.15) is 5.10 Å². The van der Waals surface area contributed by atoms with Crippen LogP contribution in [0, 0.1) is 30.0 Å². The van der Waals surface area contributed by atoms with E-state index < -0.39 is 0 Å². The number of aromatic nitrogens is 4. The zero-order chi connectivity index (χ0) is 20.9. The summed E-state index contributed by atoms with van der Waals surface area (Å²) in [5, 5.41) is 8.00. The van der Waals surface area contributed by atoms with Crippen LogP contribution in [0.5, 0.6) is 0 Å². The zero-order valence-electron chi connectivity index (χ0n) is 17.9. The van der Waals surface area contributed by atoms with Crippen molar-refractivity contribution >= 4 is 0 Å². The molecule has 0 aromatic carbocycles. The second-order valence-electron chi connectivity index (χ2n) is 8.94. The molecule has 2 aromatic rings. The summed E-state index contributed by atoms with van der Waals surface area (Å²) in [5.74, 6) is 4.35. The summed E-state index contributed by atoms with van der Waals surface area (Å²) >= 11 is 0. The molecule has 2 aliphatic rings. The van der Waals surface area contributed by atoms with Gasteiger partial charge in [0.15, 0.2) is 5.82 Å². The fourth-order valence-electron chi connectivity index (χ4n) is 4.51. The molecule has 2 aromatic heterocycles. The number of nitrogens with one attached hydrogen (secondary N) is 1. The largest absolute Gasteiger partial charge is 0.314 e. The van der Waals surface area contributed by atoms with Gasteiger partial charge in [-0.1, -0.05) is 0 Å². The molecule has 0 spiro atoms. The Morgan fingerprint density at radius 3 is 2.60 bits per heavy atom. The number of terminal acetylenes is 1. The summed E-state index contributed by atoms with van der Waals surface area (Å²) in [4.78, 5) is 8.96. The van der Waals surface area contributed by atoms with Crippen LogP contribution in [-0.2, 0) is 19.9 Å². The Morgan fingerprint density at radius 1 is 1.13 bits per heavy atom. The van der Waals surface area contributed by atoms with Gasteiger partial charge in [0.05, 0.1) is 12.4 Å². The standard InChI is InChI=1S/C24H32FN5/c1-3-4-5-12-26-19-10-8-18(9-11-19)14-23-27-16-21(25)24(29-23)20-15-28-30(2)22(20)13-17-6-7-17/h1,15-19,26H,4-14H2,2H3. The van der Waals surface area contributed by atoms with Crippen LogP contribution < -0.4 is 5.32 Å². The molecule has 0 atom stereocenters. The molecule has 0 saturated heterocycles. The molecule has 2 saturated carbocycles. The summed E-state index contributed by atoms with van der Waals surface area (Å²) < 4.78 is 16.5. The van der Waals surface area contributed by atoms with E-state index in [0.717, 1.165) is 62.2 Å². The van der Waals surface area contributed by atoms with Crippen molar-refractivity contribution < 1.29 is 4.39 Å². The number of hydrogen-bond donors (Lipinski definition) is 1. The third-order valence-electron chi connectivity index (χ3n) is 6.54. The van der Waals surface area contributed by atoms with Crippen molar-refractivity contribution in [2.24, 2.45) is 18.9 Å². The van der Waals surface area contributed by atoms with Crippen LogP contribution in [0.4, 0.5) is 4.39 Å². The molecule has 1 N–H and O–H groups in total. The molecule has 0 amide bonds. The van der Waals surface area contributed by atoms with Crippen molar-refractivity contribution in [2.45, 2.75) is 70.3 Å². The monoisotopic (exact) mass is 409 g/mol. The molecule has 2 heterocycles. The highest BCUT2D eigenvalue weighted by Gasteiger charge is 2.27. The highest BCUT2D eigenvalue weighted by Crippen LogP contribution is 2.36. The maximum Gasteiger partial charge on any atom is 0.167 e. The van der Waals surface area contributed by atoms with Crippen LogP contribution in [0.15, 0.2) is 12.4 Å². The van der Waals surface area contributed by atoms with E-state index in [-0.39, 0.29) is 5.82 Å². The zero-order valence-corrected chi connectivity index (χ0v) is 17.9. The number of rotatable bonds is 9. The van der Waals surface area contributed by atoms with Gasteiger partial charge in [0.1, 0.15) is 11.5 Å². The van der Waals surface area contributed by atoms with Crippen LogP contribution in [0.25, 0.3) is 11.3 Å². The first kappa shape index (κ1) is 21.0. The minimum Gasteiger partial charge on any atom is -0.314 e. The fraction of sp³-hybridized carbons (Fsp3) is 0.625. The molecule has 30 heavy (non-hydrogen) atoms. The lowest BCUT2D eigenvalue weighted by Crippen LogP contribution is -2.34. The molecule has 2 fully saturated rings. The third kappa shape index (κ3) is 5.26. The Kier molecular flexibility index (Phi) is 6.79. The van der Waals surface area contributed by atoms with Gasteiger partial charge in [-0.15, -0.1) is 12.3 Å². The average molecular weight is 410 g/mol. The smallest absolute Gasteiger partial charge is 0.167 e. The van der Waals surface area contributed by atoms with Gasteiger partial charge in [0, 0.05) is 37.2 Å². The molecule has 0 aliphatic heterocycles. The van der Waals surface area contributed by atoms with Crippen molar-refractivity contribution in [3.8, 4) is 23.6 Å². The van der Waals surface area contributed by atoms with Crippen LogP contribution in [-0.4, -0.2) is 32.3 Å². The maximum atomic E-state index is 14.6. The summed E-state index contributed by atoms with van der Waals surface area (Å²) in [6.45, 7) is 0.998. The van der Waals surface area contributed by atoms with Crippen molar-refractivity contribution in [1.82, 2.24) is 25.1 Å². The predicted molar refractivity (Wildman–Crippen MR) is 116 cm³/mol. The van der Waals surface area contributed by atoms with E-state index in [9.17, 15) is 4.39 Å². The van der Waals surface area contributed by atoms with Crippen molar-refractivity contribution in [3.63, 3.8) is 0 Å². The van der Waals surface area contributed by atoms with Gasteiger partial charge in [0.2, 0.25) is 0 Å². The van der Waals surface area contributed by atoms with Crippen molar-refractivity contribution in [1.29, 1.82) is 0 Å². The number of hydrogen-bond acceptors (Lipinski definition) is 4. The first-order valence-electron chi connectivity index (χ1n) is 11.3. The second kappa shape index (κ2) is 9.70. The highest BCUT2D eigenvalue weighted by molar-refractivity contribution is 5.61. The van der Waals surface area contributed by atoms with Gasteiger partial charge >= 0.3 is 0 Å². The highest BCUT2D eigenvalue weighted by atomic mass is 19.1. The first-order valence-corrected chi connectivity index (χ1v) is 11.3. The number of halogens is 1. The quantitative estimate of drug-likeness (QED) is 0.501. The van der Waals surface area contributed by atoms with Crippen molar-refractivity contribution in [3.05, 3.63) is 29.7 Å². The van der Waals surface area contributed by atoms with Crippen molar-refractivity contribution in [2.75, 3.05) is 6.54 Å². The average Bonchev–Trinajstić information content (AvgIpc) is 3.50. The predicted octanol–water partition coefficient (Wildman–Crippen LogP) is 4.07. The minimum absolute atomic E-state index is 0.358. The second-order valence-corrected chi connectivity index (χ2v) is 8.94. The molecule has 5 nitrogen and oxygen atoms in total. The van der Waals surface area contributed by atoms with E-state index in [1.54, 1.807) is 6.20 Å². The summed E-state index contributed by atoms with van der Waals surface area (Å²) in [6, 6.07) is 0.587. The summed E-state index contributed by atoms with van der Waals surface area (Å²) in [6.07, 6.45) is 19.2. The lowest BCUT2D eigenvalue weighted by atomic mass is 9.84. The normalized spacial score (nSPS) is 21.5. The Balaban J connectivity index is 1.37. The lowest BCUT2D eigenvalue weighted by Gasteiger charge is -2.29. The van der Waals surface area contributed by atoms with Crippen LogP contribution in [0.1, 0.15) is 62.9 Å². The van der Waals surface area contributed by atoms with Gasteiger partial charge in [0.25, 0.3) is 0 Å². The summed E-state index contributed by atoms with van der Waals surface area (Å²) in [7, 11) is 1.93. The van der Waals surface area contributed by atoms with E-state index in [2.05, 4.69) is 26.3 Å². The van der Waals surface area contributed by atoms with Crippen LogP contribution >= 0.6 is 0 Å². The Labute approximate surface area is 178 Å². The molecular weight excluding hydrogens is 377 g/mol. The fourth-order valence-corrected chi connectivity index (χ4v) is 4.51. The molecule has 0 radical (unpaired) electrons. The minimum atomic E-state index is -0.358. The van der Waals surface area contributed by atoms with Gasteiger partial charge < -0.3 is 5.32 Å². The molecule has 160 valence electrons. The molecule has 6 heteroatoms. The van der Waals surface area contributed by atoms with Gasteiger partial charge in [-0.05, 0) is 69.7 Å². The van der Waals surface area contributed by atoms with Crippen LogP contribution in [0.3, 0.4) is 0 Å². The molecular formula is C24H32FN5. The van der Waals surface area contributed by atoms with E-state index >= 15 is 0 Å². The van der Waals surface area contributed by atoms with Gasteiger partial charge in [-0.25, -0.2) is 14.4 Å². The number of unbranched alkanes of at least 4 members (excludes halogenated alkanes) is 1. The SMILES string of the molecule is C#CCCCNC1CCC(Cc2ncc(F)c(-c3cnn(C)c3CC3CC3)n2)CC1. The summed E-state index contributed by atoms with van der Waals surface area (Å²) in [5.41, 5.74) is 2.32. The van der Waals surface area contributed by atoms with Crippen LogP contribution in [0.2, 0.25) is 0 Å². The molecule has 0 unspecified atom stereocenters. The third-order valence-corrected chi connectivity index (χ3v) is 6.54. The maximum absolute atomic E-state index is 14.6. The van der Waals surface area contributed by atoms with E-state index in [1.807, 2.05) is 11.7 Å². The number of nitrogens with zero attached hydrogens (tertiary/aromatic N) is 4. The first-order chi connectivity index (χ1) is 14.6. The van der Waals surface area contributed by atoms with E-state index in [4.69, 9.17) is 6.42 Å². The number of aryl methyl sites for hydroxylation is 1. The lowest BCUT2D eigenvalue weighted by molar-refractivity contribution is 0.287. The van der Waals surface area contributed by atoms with E-state index in [0.29, 0.717) is 23.6 Å². The molecule has 4 rings (SSSR count). The molecule has 2 aliphatic carbocycles.